The van der Waals surface area contributed by atoms with Crippen molar-refractivity contribution in [2.75, 3.05) is 12.4 Å². The molecule has 2 aliphatic rings. The first-order valence-corrected chi connectivity index (χ1v) is 8.67. The molecule has 3 rings (SSSR count). The Morgan fingerprint density at radius 2 is 2.19 bits per heavy atom. The number of carboxylic acid groups (broad SMARTS) is 1. The van der Waals surface area contributed by atoms with E-state index in [9.17, 15) is 24.3 Å². The van der Waals surface area contributed by atoms with Crippen LogP contribution in [0.25, 0.3) is 0 Å². The number of nitrogens with one attached hydrogen (secondary N) is 1. The van der Waals surface area contributed by atoms with E-state index in [0.29, 0.717) is 11.1 Å². The number of β-lactam (4-membered cyclic amide) rings is 1. The fourth-order valence-electron chi connectivity index (χ4n) is 2.75. The number of hydrogen-bond donors (Lipinski definition) is 2. The van der Waals surface area contributed by atoms with Gasteiger partial charge < -0.3 is 15.2 Å². The van der Waals surface area contributed by atoms with Crippen molar-refractivity contribution in [2.24, 2.45) is 7.05 Å². The standard InChI is InChI=1S/C15H16N4O6S/c1-7(20)25-5-9-6-26-14-10(13(22)19(14)11(9)15(23)24)17-12(21)8-3-16-18(2)4-8/h3-4,10,14H,5-6H2,1-2H3,(H,17,21)(H,23,24)/t10-,14+/m1/s1. The van der Waals surface area contributed by atoms with Crippen LogP contribution in [0.4, 0.5) is 0 Å². The van der Waals surface area contributed by atoms with Gasteiger partial charge in [-0.3, -0.25) is 24.0 Å². The van der Waals surface area contributed by atoms with Gasteiger partial charge in [-0.2, -0.15) is 5.10 Å². The zero-order chi connectivity index (χ0) is 19.0. The van der Waals surface area contributed by atoms with Crippen molar-refractivity contribution in [3.63, 3.8) is 0 Å². The molecule has 0 spiro atoms. The summed E-state index contributed by atoms with van der Waals surface area (Å²) in [5.41, 5.74) is 0.468. The van der Waals surface area contributed by atoms with Gasteiger partial charge in [-0.25, -0.2) is 4.79 Å². The number of aromatic nitrogens is 2. The molecule has 1 fully saturated rings. The lowest BCUT2D eigenvalue weighted by atomic mass is 10.0. The third-order valence-electron chi connectivity index (χ3n) is 3.95. The Hall–Kier alpha value is -2.82. The maximum absolute atomic E-state index is 12.4. The van der Waals surface area contributed by atoms with E-state index in [0.717, 1.165) is 4.90 Å². The number of carbonyl (C=O) groups is 4. The van der Waals surface area contributed by atoms with Gasteiger partial charge in [-0.1, -0.05) is 0 Å². The van der Waals surface area contributed by atoms with E-state index in [1.165, 1.54) is 35.8 Å². The monoisotopic (exact) mass is 380 g/mol. The third kappa shape index (κ3) is 3.17. The summed E-state index contributed by atoms with van der Waals surface area (Å²) in [5, 5.41) is 15.5. The number of hydrogen-bond acceptors (Lipinski definition) is 7. The highest BCUT2D eigenvalue weighted by Gasteiger charge is 2.54. The van der Waals surface area contributed by atoms with Crippen molar-refractivity contribution in [3.05, 3.63) is 29.2 Å². The van der Waals surface area contributed by atoms with Crippen LogP contribution < -0.4 is 5.32 Å². The predicted octanol–water partition coefficient (Wildman–Crippen LogP) is -0.665. The molecule has 2 amide bonds. The van der Waals surface area contributed by atoms with Gasteiger partial charge in [-0.05, 0) is 0 Å². The molecule has 138 valence electrons. The second kappa shape index (κ2) is 6.83. The number of aliphatic carboxylic acids is 1. The Morgan fingerprint density at radius 1 is 1.46 bits per heavy atom. The minimum Gasteiger partial charge on any atom is -0.477 e. The molecule has 2 atom stereocenters. The number of carboxylic acids is 1. The van der Waals surface area contributed by atoms with Crippen LogP contribution >= 0.6 is 11.8 Å². The number of carbonyl (C=O) groups excluding carboxylic acids is 3. The summed E-state index contributed by atoms with van der Waals surface area (Å²) >= 11 is 1.31. The summed E-state index contributed by atoms with van der Waals surface area (Å²) < 4.78 is 6.33. The molecule has 0 saturated carbocycles. The van der Waals surface area contributed by atoms with Crippen molar-refractivity contribution in [1.82, 2.24) is 20.0 Å². The highest BCUT2D eigenvalue weighted by Crippen LogP contribution is 2.40. The Morgan fingerprint density at radius 3 is 2.77 bits per heavy atom. The van der Waals surface area contributed by atoms with Gasteiger partial charge in [0.15, 0.2) is 0 Å². The molecule has 0 unspecified atom stereocenters. The Balaban J connectivity index is 1.75. The zero-order valence-corrected chi connectivity index (χ0v) is 14.8. The van der Waals surface area contributed by atoms with Crippen LogP contribution in [0.1, 0.15) is 17.3 Å². The summed E-state index contributed by atoms with van der Waals surface area (Å²) in [7, 11) is 1.67. The molecule has 0 bridgehead atoms. The van der Waals surface area contributed by atoms with Gasteiger partial charge in [-0.15, -0.1) is 11.8 Å². The number of amides is 2. The predicted molar refractivity (Wildman–Crippen MR) is 88.8 cm³/mol. The van der Waals surface area contributed by atoms with E-state index in [2.05, 4.69) is 10.4 Å². The van der Waals surface area contributed by atoms with Gasteiger partial charge in [0, 0.05) is 31.5 Å². The van der Waals surface area contributed by atoms with Crippen LogP contribution in [0.5, 0.6) is 0 Å². The topological polar surface area (TPSA) is 131 Å². The van der Waals surface area contributed by atoms with Crippen LogP contribution in [0.3, 0.4) is 0 Å². The van der Waals surface area contributed by atoms with Gasteiger partial charge in [0.05, 0.1) is 11.8 Å². The first-order chi connectivity index (χ1) is 12.3. The molecule has 0 aromatic carbocycles. The average Bonchev–Trinajstić information content (AvgIpc) is 3.02. The average molecular weight is 380 g/mol. The van der Waals surface area contributed by atoms with Crippen LogP contribution in [0.15, 0.2) is 23.7 Å². The molecule has 1 saturated heterocycles. The Bertz CT molecular complexity index is 832. The van der Waals surface area contributed by atoms with E-state index in [4.69, 9.17) is 4.74 Å². The molecule has 0 aliphatic carbocycles. The number of nitrogens with zero attached hydrogens (tertiary/aromatic N) is 3. The molecule has 26 heavy (non-hydrogen) atoms. The molecular formula is C15H16N4O6S. The lowest BCUT2D eigenvalue weighted by molar-refractivity contribution is -0.149. The molecule has 11 heteroatoms. The number of ether oxygens (including phenoxy) is 1. The largest absolute Gasteiger partial charge is 0.477 e. The molecule has 2 N–H and O–H groups in total. The lowest BCUT2D eigenvalue weighted by Crippen LogP contribution is -2.70. The maximum Gasteiger partial charge on any atom is 0.352 e. The van der Waals surface area contributed by atoms with Crippen LogP contribution in [0.2, 0.25) is 0 Å². The van der Waals surface area contributed by atoms with Crippen LogP contribution in [0, 0.1) is 0 Å². The molecule has 1 aromatic rings. The number of esters is 1. The number of fused-ring (bicyclic) bond motifs is 1. The highest BCUT2D eigenvalue weighted by molar-refractivity contribution is 8.00. The first kappa shape index (κ1) is 18.0. The van der Waals surface area contributed by atoms with Gasteiger partial charge in [0.1, 0.15) is 23.7 Å². The first-order valence-electron chi connectivity index (χ1n) is 7.62. The number of aryl methyl sites for hydroxylation is 1. The number of thioether (sulfide) groups is 1. The van der Waals surface area contributed by atoms with Crippen molar-refractivity contribution >= 4 is 35.5 Å². The van der Waals surface area contributed by atoms with Crippen molar-refractivity contribution in [2.45, 2.75) is 18.3 Å². The summed E-state index contributed by atoms with van der Waals surface area (Å²) in [6.45, 7) is 1.03. The quantitative estimate of drug-likeness (QED) is 0.508. The van der Waals surface area contributed by atoms with E-state index >= 15 is 0 Å². The normalized spacial score (nSPS) is 21.8. The summed E-state index contributed by atoms with van der Waals surface area (Å²) in [6, 6.07) is -0.822. The van der Waals surface area contributed by atoms with Crippen molar-refractivity contribution in [3.8, 4) is 0 Å². The molecule has 2 aliphatic heterocycles. The van der Waals surface area contributed by atoms with E-state index < -0.39 is 35.2 Å². The fourth-order valence-corrected chi connectivity index (χ4v) is 4.07. The molecule has 0 radical (unpaired) electrons. The van der Waals surface area contributed by atoms with Gasteiger partial charge >= 0.3 is 11.9 Å². The fraction of sp³-hybridized carbons (Fsp3) is 0.400. The van der Waals surface area contributed by atoms with Crippen LogP contribution in [-0.4, -0.2) is 67.3 Å². The number of rotatable bonds is 5. The van der Waals surface area contributed by atoms with Gasteiger partial charge in [0.25, 0.3) is 11.8 Å². The zero-order valence-electron chi connectivity index (χ0n) is 14.0. The summed E-state index contributed by atoms with van der Waals surface area (Å²) in [6.07, 6.45) is 2.90. The Labute approximate surface area is 152 Å². The van der Waals surface area contributed by atoms with Crippen molar-refractivity contribution < 1.29 is 29.0 Å². The van der Waals surface area contributed by atoms with E-state index in [1.54, 1.807) is 7.05 Å². The third-order valence-corrected chi connectivity index (χ3v) is 5.29. The molecular weight excluding hydrogens is 364 g/mol. The highest BCUT2D eigenvalue weighted by atomic mass is 32.2. The Kier molecular flexibility index (Phi) is 4.72. The van der Waals surface area contributed by atoms with Crippen molar-refractivity contribution in [1.29, 1.82) is 0 Å². The minimum absolute atomic E-state index is 0.187. The molecule has 1 aromatic heterocycles. The van der Waals surface area contributed by atoms with Gasteiger partial charge in [0.2, 0.25) is 0 Å². The summed E-state index contributed by atoms with van der Waals surface area (Å²) in [4.78, 5) is 48.3. The molecule has 10 nitrogen and oxygen atoms in total. The van der Waals surface area contributed by atoms with E-state index in [1.807, 2.05) is 0 Å². The van der Waals surface area contributed by atoms with Crippen LogP contribution in [-0.2, 0) is 26.2 Å². The lowest BCUT2D eigenvalue weighted by Gasteiger charge is -2.49. The maximum atomic E-state index is 12.4. The second-order valence-electron chi connectivity index (χ2n) is 5.80. The SMILES string of the molecule is CC(=O)OCC1=C(C(=O)O)N2C(=O)[C@@H](NC(=O)c3cnn(C)c3)[C@@H]2SC1. The minimum atomic E-state index is -1.28. The smallest absolute Gasteiger partial charge is 0.352 e. The second-order valence-corrected chi connectivity index (χ2v) is 6.91. The van der Waals surface area contributed by atoms with E-state index in [-0.39, 0.29) is 18.1 Å². The molecule has 3 heterocycles. The summed E-state index contributed by atoms with van der Waals surface area (Å²) in [5.74, 6) is -2.50.